The molecule has 4 rings (SSSR count). The maximum Gasteiger partial charge on any atom is 0.265 e. The molecule has 1 fully saturated rings. The van der Waals surface area contributed by atoms with Crippen LogP contribution in [0.1, 0.15) is 33.6 Å². The Morgan fingerprint density at radius 2 is 1.71 bits per heavy atom. The molecular weight excluding hydrogens is 428 g/mol. The van der Waals surface area contributed by atoms with Crippen molar-refractivity contribution < 1.29 is 13.2 Å². The molecule has 0 aliphatic carbocycles. The SMILES string of the molecule is Cc1ccsc1C(=O)Nc1ccc(S(=O)(=O)N2CCC(Cc3ccccc3)CC2)cc1. The molecule has 0 atom stereocenters. The average molecular weight is 455 g/mol. The lowest BCUT2D eigenvalue weighted by Gasteiger charge is -2.31. The molecule has 0 radical (unpaired) electrons. The monoisotopic (exact) mass is 454 g/mol. The van der Waals surface area contributed by atoms with Crippen LogP contribution in [0, 0.1) is 12.8 Å². The summed E-state index contributed by atoms with van der Waals surface area (Å²) in [5, 5.41) is 4.71. The van der Waals surface area contributed by atoms with E-state index in [4.69, 9.17) is 0 Å². The lowest BCUT2D eigenvalue weighted by molar-refractivity contribution is 0.103. The van der Waals surface area contributed by atoms with Crippen LogP contribution in [-0.4, -0.2) is 31.7 Å². The molecule has 1 saturated heterocycles. The van der Waals surface area contributed by atoms with E-state index in [1.165, 1.54) is 16.9 Å². The van der Waals surface area contributed by atoms with Crippen LogP contribution in [0.5, 0.6) is 0 Å². The second-order valence-corrected chi connectivity index (χ2v) is 10.8. The number of sulfonamides is 1. The van der Waals surface area contributed by atoms with Gasteiger partial charge in [0.15, 0.2) is 0 Å². The second kappa shape index (κ2) is 9.34. The first-order valence-electron chi connectivity index (χ1n) is 10.4. The van der Waals surface area contributed by atoms with Gasteiger partial charge in [-0.15, -0.1) is 11.3 Å². The summed E-state index contributed by atoms with van der Waals surface area (Å²) in [7, 11) is -3.53. The lowest BCUT2D eigenvalue weighted by atomic mass is 9.91. The Kier molecular flexibility index (Phi) is 6.55. The number of anilines is 1. The minimum Gasteiger partial charge on any atom is -0.321 e. The second-order valence-electron chi connectivity index (χ2n) is 7.95. The molecule has 3 aromatic rings. The predicted octanol–water partition coefficient (Wildman–Crippen LogP) is 4.95. The highest BCUT2D eigenvalue weighted by molar-refractivity contribution is 7.89. The number of benzene rings is 2. The van der Waals surface area contributed by atoms with Crippen LogP contribution in [0.25, 0.3) is 0 Å². The number of thiophene rings is 1. The van der Waals surface area contributed by atoms with E-state index < -0.39 is 10.0 Å². The van der Waals surface area contributed by atoms with Crippen LogP contribution in [0.4, 0.5) is 5.69 Å². The summed E-state index contributed by atoms with van der Waals surface area (Å²) in [6, 6.07) is 18.7. The van der Waals surface area contributed by atoms with Crippen molar-refractivity contribution in [2.45, 2.75) is 31.1 Å². The molecule has 1 amide bonds. The summed E-state index contributed by atoms with van der Waals surface area (Å²) < 4.78 is 27.7. The van der Waals surface area contributed by atoms with Crippen molar-refractivity contribution in [3.8, 4) is 0 Å². The van der Waals surface area contributed by atoms with Gasteiger partial charge >= 0.3 is 0 Å². The molecule has 0 spiro atoms. The summed E-state index contributed by atoms with van der Waals surface area (Å²) in [6.45, 7) is 2.97. The molecule has 1 aliphatic rings. The highest BCUT2D eigenvalue weighted by Gasteiger charge is 2.29. The van der Waals surface area contributed by atoms with Crippen LogP contribution in [0.2, 0.25) is 0 Å². The first-order chi connectivity index (χ1) is 14.9. The van der Waals surface area contributed by atoms with Gasteiger partial charge in [-0.2, -0.15) is 4.31 Å². The van der Waals surface area contributed by atoms with E-state index in [9.17, 15) is 13.2 Å². The van der Waals surface area contributed by atoms with E-state index in [2.05, 4.69) is 17.4 Å². The third kappa shape index (κ3) is 5.06. The quantitative estimate of drug-likeness (QED) is 0.573. The first kappa shape index (κ1) is 21.7. The summed E-state index contributed by atoms with van der Waals surface area (Å²) in [5.74, 6) is 0.329. The van der Waals surface area contributed by atoms with Gasteiger partial charge in [0.25, 0.3) is 5.91 Å². The Morgan fingerprint density at radius 1 is 1.03 bits per heavy atom. The minimum absolute atomic E-state index is 0.177. The molecule has 1 aromatic heterocycles. The molecule has 7 heteroatoms. The number of carbonyl (C=O) groups excluding carboxylic acids is 1. The van der Waals surface area contributed by atoms with Gasteiger partial charge in [-0.1, -0.05) is 30.3 Å². The summed E-state index contributed by atoms with van der Waals surface area (Å²) in [4.78, 5) is 13.3. The number of carbonyl (C=O) groups is 1. The van der Waals surface area contributed by atoms with Crippen LogP contribution in [-0.2, 0) is 16.4 Å². The van der Waals surface area contributed by atoms with Gasteiger partial charge in [-0.3, -0.25) is 4.79 Å². The zero-order valence-corrected chi connectivity index (χ0v) is 19.1. The van der Waals surface area contributed by atoms with E-state index in [-0.39, 0.29) is 10.8 Å². The van der Waals surface area contributed by atoms with Crippen LogP contribution in [0.3, 0.4) is 0 Å². The van der Waals surface area contributed by atoms with E-state index >= 15 is 0 Å². The largest absolute Gasteiger partial charge is 0.321 e. The molecule has 5 nitrogen and oxygen atoms in total. The minimum atomic E-state index is -3.53. The van der Waals surface area contributed by atoms with E-state index in [0.29, 0.717) is 29.6 Å². The number of nitrogens with zero attached hydrogens (tertiary/aromatic N) is 1. The van der Waals surface area contributed by atoms with Crippen molar-refractivity contribution >= 4 is 33.0 Å². The lowest BCUT2D eigenvalue weighted by Crippen LogP contribution is -2.38. The van der Waals surface area contributed by atoms with Gasteiger partial charge in [-0.05, 0) is 78.9 Å². The van der Waals surface area contributed by atoms with Crippen LogP contribution in [0.15, 0.2) is 70.9 Å². The maximum atomic E-state index is 13.1. The van der Waals surface area contributed by atoms with Crippen molar-refractivity contribution in [3.05, 3.63) is 82.0 Å². The fourth-order valence-electron chi connectivity index (χ4n) is 3.95. The number of piperidine rings is 1. The Labute approximate surface area is 187 Å². The third-order valence-corrected chi connectivity index (χ3v) is 8.69. The normalized spacial score (nSPS) is 15.6. The third-order valence-electron chi connectivity index (χ3n) is 5.76. The molecular formula is C24H26N2O3S2. The standard InChI is InChI=1S/C24H26N2O3S2/c1-18-13-16-30-23(18)24(27)25-21-7-9-22(10-8-21)31(28,29)26-14-11-20(12-15-26)17-19-5-3-2-4-6-19/h2-10,13,16,20H,11-12,14-15,17H2,1H3,(H,25,27). The molecule has 162 valence electrons. The summed E-state index contributed by atoms with van der Waals surface area (Å²) in [5.41, 5.74) is 2.81. The van der Waals surface area contributed by atoms with Crippen LogP contribution < -0.4 is 5.32 Å². The fraction of sp³-hybridized carbons (Fsp3) is 0.292. The zero-order valence-electron chi connectivity index (χ0n) is 17.5. The molecule has 0 bridgehead atoms. The van der Waals surface area contributed by atoms with Crippen molar-refractivity contribution in [2.75, 3.05) is 18.4 Å². The van der Waals surface area contributed by atoms with Crippen molar-refractivity contribution in [1.29, 1.82) is 0 Å². The molecule has 31 heavy (non-hydrogen) atoms. The maximum absolute atomic E-state index is 13.1. The van der Waals surface area contributed by atoms with Crippen molar-refractivity contribution in [1.82, 2.24) is 4.31 Å². The van der Waals surface area contributed by atoms with Crippen molar-refractivity contribution in [2.24, 2.45) is 5.92 Å². The number of nitrogens with one attached hydrogen (secondary N) is 1. The number of rotatable bonds is 6. The Bertz CT molecular complexity index is 1130. The van der Waals surface area contributed by atoms with Crippen LogP contribution >= 0.6 is 11.3 Å². The van der Waals surface area contributed by atoms with Gasteiger partial charge in [0, 0.05) is 18.8 Å². The highest BCUT2D eigenvalue weighted by Crippen LogP contribution is 2.27. The van der Waals surface area contributed by atoms with E-state index in [0.717, 1.165) is 24.8 Å². The average Bonchev–Trinajstić information content (AvgIpc) is 3.21. The van der Waals surface area contributed by atoms with E-state index in [1.807, 2.05) is 36.6 Å². The molecule has 0 saturated carbocycles. The molecule has 1 N–H and O–H groups in total. The molecule has 2 heterocycles. The highest BCUT2D eigenvalue weighted by atomic mass is 32.2. The predicted molar refractivity (Wildman–Crippen MR) is 125 cm³/mol. The number of hydrogen-bond acceptors (Lipinski definition) is 4. The van der Waals surface area contributed by atoms with Gasteiger partial charge in [0.1, 0.15) is 0 Å². The van der Waals surface area contributed by atoms with E-state index in [1.54, 1.807) is 28.6 Å². The molecule has 1 aliphatic heterocycles. The summed E-state index contributed by atoms with van der Waals surface area (Å²) >= 11 is 1.39. The molecule has 0 unspecified atom stereocenters. The topological polar surface area (TPSA) is 66.5 Å². The van der Waals surface area contributed by atoms with Crippen molar-refractivity contribution in [3.63, 3.8) is 0 Å². The Hall–Kier alpha value is -2.48. The number of aryl methyl sites for hydroxylation is 1. The Balaban J connectivity index is 1.36. The fourth-order valence-corrected chi connectivity index (χ4v) is 6.24. The molecule has 2 aromatic carbocycles. The number of amides is 1. The number of hydrogen-bond donors (Lipinski definition) is 1. The summed E-state index contributed by atoms with van der Waals surface area (Å²) in [6.07, 6.45) is 2.72. The van der Waals surface area contributed by atoms with Gasteiger partial charge in [0.2, 0.25) is 10.0 Å². The smallest absolute Gasteiger partial charge is 0.265 e. The van der Waals surface area contributed by atoms with Gasteiger partial charge in [0.05, 0.1) is 9.77 Å². The Morgan fingerprint density at radius 3 is 2.32 bits per heavy atom. The van der Waals surface area contributed by atoms with Gasteiger partial charge in [-0.25, -0.2) is 8.42 Å². The zero-order chi connectivity index (χ0) is 21.8. The first-order valence-corrected chi connectivity index (χ1v) is 12.7. The van der Waals surface area contributed by atoms with Gasteiger partial charge < -0.3 is 5.32 Å².